The van der Waals surface area contributed by atoms with Crippen LogP contribution in [0.2, 0.25) is 0 Å². The topological polar surface area (TPSA) is 66.4 Å². The number of nitrogens with zero attached hydrogens (tertiary/aromatic N) is 1. The van der Waals surface area contributed by atoms with Crippen molar-refractivity contribution >= 4 is 11.9 Å². The monoisotopic (exact) mass is 441 g/mol. The fraction of sp³-hybridized carbons (Fsp3) is 0.923. The maximum absolute atomic E-state index is 12.0. The summed E-state index contributed by atoms with van der Waals surface area (Å²) in [4.78, 5) is 22.9. The first-order chi connectivity index (χ1) is 14.7. The van der Waals surface area contributed by atoms with Crippen molar-refractivity contribution in [3.8, 4) is 0 Å². The molecule has 0 rings (SSSR count). The minimum Gasteiger partial charge on any atom is -0.550 e. The van der Waals surface area contributed by atoms with E-state index in [1.807, 2.05) is 21.1 Å². The quantitative estimate of drug-likeness (QED) is 0.128. The summed E-state index contributed by atoms with van der Waals surface area (Å²) >= 11 is 0. The van der Waals surface area contributed by atoms with Gasteiger partial charge >= 0.3 is 5.97 Å². The molecule has 0 spiro atoms. The fourth-order valence-electron chi connectivity index (χ4n) is 4.00. The van der Waals surface area contributed by atoms with Gasteiger partial charge in [0.1, 0.15) is 6.54 Å². The molecule has 0 aromatic carbocycles. The zero-order chi connectivity index (χ0) is 23.4. The smallest absolute Gasteiger partial charge is 0.306 e. The van der Waals surface area contributed by atoms with Crippen LogP contribution in [0, 0.1) is 0 Å². The molecule has 0 N–H and O–H groups in total. The van der Waals surface area contributed by atoms with Gasteiger partial charge in [-0.25, -0.2) is 0 Å². The summed E-state index contributed by atoms with van der Waals surface area (Å²) in [6.45, 7) is 2.74. The summed E-state index contributed by atoms with van der Waals surface area (Å²) < 4.78 is 5.93. The zero-order valence-corrected chi connectivity index (χ0v) is 21.1. The Kier molecular flexibility index (Phi) is 18.9. The molecule has 0 aliphatic rings. The Morgan fingerprint density at radius 2 is 1.10 bits per heavy atom. The van der Waals surface area contributed by atoms with Gasteiger partial charge in [0.25, 0.3) is 0 Å². The maximum Gasteiger partial charge on any atom is 0.306 e. The minimum absolute atomic E-state index is 0.236. The predicted molar refractivity (Wildman–Crippen MR) is 127 cm³/mol. The Bertz CT molecular complexity index is 445. The molecular formula is C26H51NO4. The number of carboxylic acids is 1. The molecule has 0 radical (unpaired) electrons. The molecule has 0 amide bonds. The van der Waals surface area contributed by atoms with E-state index in [4.69, 9.17) is 4.74 Å². The lowest BCUT2D eigenvalue weighted by Gasteiger charge is -2.29. The summed E-state index contributed by atoms with van der Waals surface area (Å²) in [6.07, 6.45) is 20.3. The Labute approximate surface area is 192 Å². The molecule has 0 aliphatic carbocycles. The van der Waals surface area contributed by atoms with E-state index in [0.29, 0.717) is 17.4 Å². The van der Waals surface area contributed by atoms with Crippen LogP contribution in [0.25, 0.3) is 0 Å². The summed E-state index contributed by atoms with van der Waals surface area (Å²) in [7, 11) is 5.85. The molecule has 0 aliphatic heterocycles. The Balaban J connectivity index is 3.53. The van der Waals surface area contributed by atoms with Crippen LogP contribution >= 0.6 is 0 Å². The lowest BCUT2D eigenvalue weighted by atomic mass is 10.0. The highest BCUT2D eigenvalue weighted by Gasteiger charge is 2.22. The second-order valence-corrected chi connectivity index (χ2v) is 10.2. The van der Waals surface area contributed by atoms with Crippen molar-refractivity contribution in [3.05, 3.63) is 0 Å². The van der Waals surface area contributed by atoms with Crippen LogP contribution in [0.5, 0.6) is 0 Å². The average molecular weight is 442 g/mol. The Hall–Kier alpha value is -1.10. The van der Waals surface area contributed by atoms with E-state index in [1.54, 1.807) is 0 Å². The zero-order valence-electron chi connectivity index (χ0n) is 21.1. The molecule has 1 atom stereocenters. The van der Waals surface area contributed by atoms with Crippen LogP contribution < -0.4 is 5.11 Å². The summed E-state index contributed by atoms with van der Waals surface area (Å²) in [5.41, 5.74) is 0. The highest BCUT2D eigenvalue weighted by atomic mass is 16.5. The summed E-state index contributed by atoms with van der Waals surface area (Å²) in [5, 5.41) is 10.9. The van der Waals surface area contributed by atoms with Gasteiger partial charge in [-0.1, -0.05) is 103 Å². The van der Waals surface area contributed by atoms with Gasteiger partial charge in [0.2, 0.25) is 0 Å². The highest BCUT2D eigenvalue weighted by molar-refractivity contribution is 5.70. The molecule has 31 heavy (non-hydrogen) atoms. The van der Waals surface area contributed by atoms with Crippen molar-refractivity contribution in [3.63, 3.8) is 0 Å². The van der Waals surface area contributed by atoms with Crippen molar-refractivity contribution in [2.45, 2.75) is 129 Å². The van der Waals surface area contributed by atoms with Gasteiger partial charge in [-0.15, -0.1) is 0 Å². The van der Waals surface area contributed by atoms with Gasteiger partial charge in [-0.2, -0.15) is 0 Å². The lowest BCUT2D eigenvalue weighted by molar-refractivity contribution is -0.873. The van der Waals surface area contributed by atoms with Crippen molar-refractivity contribution in [1.29, 1.82) is 0 Å². The number of ether oxygens (including phenoxy) is 1. The summed E-state index contributed by atoms with van der Waals surface area (Å²) in [5.74, 6) is -1.46. The lowest BCUT2D eigenvalue weighted by Crippen LogP contribution is -2.45. The van der Waals surface area contributed by atoms with Gasteiger partial charge in [-0.05, 0) is 6.42 Å². The number of esters is 1. The number of hydrogen-bond donors (Lipinski definition) is 0. The number of aliphatic carboxylic acids is 1. The van der Waals surface area contributed by atoms with Crippen LogP contribution in [0.3, 0.4) is 0 Å². The Morgan fingerprint density at radius 1 is 0.710 bits per heavy atom. The van der Waals surface area contributed by atoms with Crippen LogP contribution in [0.15, 0.2) is 0 Å². The Morgan fingerprint density at radius 3 is 1.45 bits per heavy atom. The molecule has 0 saturated carbocycles. The van der Waals surface area contributed by atoms with E-state index in [0.717, 1.165) is 19.3 Å². The normalized spacial score (nSPS) is 12.6. The fourth-order valence-corrected chi connectivity index (χ4v) is 4.00. The van der Waals surface area contributed by atoms with E-state index in [1.165, 1.54) is 83.5 Å². The number of carbonyl (C=O) groups is 2. The van der Waals surface area contributed by atoms with Gasteiger partial charge < -0.3 is 19.1 Å². The average Bonchev–Trinajstić information content (AvgIpc) is 2.65. The molecular weight excluding hydrogens is 390 g/mol. The molecule has 0 aromatic rings. The molecule has 0 aromatic heterocycles. The van der Waals surface area contributed by atoms with Gasteiger partial charge in [-0.3, -0.25) is 4.79 Å². The third kappa shape index (κ3) is 23.4. The molecule has 0 fully saturated rings. The molecule has 0 bridgehead atoms. The van der Waals surface area contributed by atoms with Crippen LogP contribution in [-0.2, 0) is 14.3 Å². The third-order valence-electron chi connectivity index (χ3n) is 5.68. The van der Waals surface area contributed by atoms with Crippen LogP contribution in [-0.4, -0.2) is 50.2 Å². The van der Waals surface area contributed by atoms with E-state index in [9.17, 15) is 14.7 Å². The van der Waals surface area contributed by atoms with Crippen LogP contribution in [0.4, 0.5) is 0 Å². The number of quaternary nitrogens is 1. The number of carbonyl (C=O) groups excluding carboxylic acids is 2. The molecule has 1 unspecified atom stereocenters. The van der Waals surface area contributed by atoms with E-state index in [2.05, 4.69) is 6.92 Å². The minimum atomic E-state index is -1.17. The van der Waals surface area contributed by atoms with Gasteiger partial charge in [0, 0.05) is 18.8 Å². The van der Waals surface area contributed by atoms with Crippen molar-refractivity contribution in [2.75, 3.05) is 27.7 Å². The first-order valence-electron chi connectivity index (χ1n) is 12.9. The van der Waals surface area contributed by atoms with Crippen molar-refractivity contribution in [1.82, 2.24) is 0 Å². The summed E-state index contributed by atoms with van der Waals surface area (Å²) in [6, 6.07) is 0. The molecule has 0 saturated heterocycles. The van der Waals surface area contributed by atoms with Crippen LogP contribution in [0.1, 0.15) is 122 Å². The van der Waals surface area contributed by atoms with Crippen molar-refractivity contribution < 1.29 is 23.9 Å². The number of carboxylic acid groups (broad SMARTS) is 1. The number of hydrogen-bond acceptors (Lipinski definition) is 4. The third-order valence-corrected chi connectivity index (χ3v) is 5.68. The molecule has 5 nitrogen and oxygen atoms in total. The number of unbranched alkanes of at least 4 members (excludes halogenated alkanes) is 15. The van der Waals surface area contributed by atoms with Gasteiger partial charge in [0.15, 0.2) is 6.10 Å². The van der Waals surface area contributed by atoms with E-state index in [-0.39, 0.29) is 12.4 Å². The molecule has 5 heteroatoms. The van der Waals surface area contributed by atoms with E-state index < -0.39 is 12.1 Å². The molecule has 0 heterocycles. The second kappa shape index (κ2) is 19.6. The predicted octanol–water partition coefficient (Wildman–Crippen LogP) is 5.40. The largest absolute Gasteiger partial charge is 0.550 e. The molecule has 184 valence electrons. The standard InChI is InChI=1S/C26H51NO4/c1-5-6-7-8-9-10-11-12-13-14-15-16-17-18-19-20-21-26(30)31-24(22-25(28)29)23-27(2,3)4/h24H,5-23H2,1-4H3. The number of rotatable bonds is 22. The number of likely N-dealkylation sites (N-methyl/N-ethyl adjacent to an activating group) is 1. The van der Waals surface area contributed by atoms with Crippen molar-refractivity contribution in [2.24, 2.45) is 0 Å². The second-order valence-electron chi connectivity index (χ2n) is 10.2. The SMILES string of the molecule is CCCCCCCCCCCCCCCCCCC(=O)OC(CC(=O)[O-])C[N+](C)(C)C. The first kappa shape index (κ1) is 29.9. The highest BCUT2D eigenvalue weighted by Crippen LogP contribution is 2.14. The maximum atomic E-state index is 12.0. The van der Waals surface area contributed by atoms with E-state index >= 15 is 0 Å². The first-order valence-corrected chi connectivity index (χ1v) is 12.9. The van der Waals surface area contributed by atoms with Gasteiger partial charge in [0.05, 0.1) is 21.1 Å².